The fraction of sp³-hybridized carbons (Fsp3) is 0.0182. The van der Waals surface area contributed by atoms with Gasteiger partial charge < -0.3 is 14.4 Å². The molecule has 3 nitrogen and oxygen atoms in total. The predicted molar refractivity (Wildman–Crippen MR) is 235 cm³/mol. The van der Waals surface area contributed by atoms with Crippen LogP contribution in [0.2, 0.25) is 0 Å². The van der Waals surface area contributed by atoms with Crippen molar-refractivity contribution in [2.45, 2.75) is 5.41 Å². The number of fused-ring (bicyclic) bond motifs is 12. The topological polar surface area (TPSA) is 21.7 Å². The second-order valence-electron chi connectivity index (χ2n) is 15.2. The highest BCUT2D eigenvalue weighted by Gasteiger charge is 2.52. The number of rotatable bonds is 5. The summed E-state index contributed by atoms with van der Waals surface area (Å²) in [7, 11) is 0. The van der Waals surface area contributed by atoms with Crippen LogP contribution in [0.3, 0.4) is 0 Å². The van der Waals surface area contributed by atoms with Gasteiger partial charge in [0.15, 0.2) is 23.0 Å². The van der Waals surface area contributed by atoms with Crippen LogP contribution in [0.15, 0.2) is 212 Å². The van der Waals surface area contributed by atoms with E-state index in [0.29, 0.717) is 17.2 Å². The first-order chi connectivity index (χ1) is 28.8. The zero-order chi connectivity index (χ0) is 38.2. The molecule has 3 aliphatic rings. The molecule has 0 fully saturated rings. The van der Waals surface area contributed by atoms with E-state index in [-0.39, 0.29) is 0 Å². The van der Waals surface area contributed by atoms with Gasteiger partial charge in [0.1, 0.15) is 0 Å². The van der Waals surface area contributed by atoms with Crippen LogP contribution in [0, 0.1) is 0 Å². The van der Waals surface area contributed by atoms with E-state index < -0.39 is 5.41 Å². The second-order valence-corrected chi connectivity index (χ2v) is 15.2. The molecule has 9 aromatic rings. The quantitative estimate of drug-likeness (QED) is 0.175. The molecule has 0 aromatic heterocycles. The van der Waals surface area contributed by atoms with Gasteiger partial charge in [-0.1, -0.05) is 164 Å². The van der Waals surface area contributed by atoms with Crippen molar-refractivity contribution >= 4 is 17.1 Å². The van der Waals surface area contributed by atoms with E-state index >= 15 is 0 Å². The van der Waals surface area contributed by atoms with Gasteiger partial charge in [0.05, 0.1) is 16.8 Å². The van der Waals surface area contributed by atoms with E-state index in [1.165, 1.54) is 55.6 Å². The van der Waals surface area contributed by atoms with Crippen LogP contribution in [0.25, 0.3) is 44.5 Å². The minimum atomic E-state index is -0.466. The van der Waals surface area contributed by atoms with Crippen LogP contribution in [-0.4, -0.2) is 0 Å². The molecule has 0 radical (unpaired) electrons. The van der Waals surface area contributed by atoms with Crippen LogP contribution in [0.5, 0.6) is 23.0 Å². The molecule has 3 heteroatoms. The lowest BCUT2D eigenvalue weighted by molar-refractivity contribution is 0.359. The smallest absolute Gasteiger partial charge is 0.172 e. The van der Waals surface area contributed by atoms with Gasteiger partial charge in [0.2, 0.25) is 0 Å². The van der Waals surface area contributed by atoms with Gasteiger partial charge in [-0.3, -0.25) is 0 Å². The highest BCUT2D eigenvalue weighted by atomic mass is 16.6. The van der Waals surface area contributed by atoms with Crippen molar-refractivity contribution in [2.24, 2.45) is 0 Å². The van der Waals surface area contributed by atoms with E-state index in [1.807, 2.05) is 6.07 Å². The summed E-state index contributed by atoms with van der Waals surface area (Å²) in [6, 6.07) is 75.8. The van der Waals surface area contributed by atoms with Gasteiger partial charge >= 0.3 is 0 Å². The van der Waals surface area contributed by atoms with E-state index in [2.05, 4.69) is 211 Å². The predicted octanol–water partition coefficient (Wildman–Crippen LogP) is 14.7. The molecule has 1 spiro atoms. The van der Waals surface area contributed by atoms with E-state index in [4.69, 9.17) is 9.47 Å². The maximum Gasteiger partial charge on any atom is 0.172 e. The second kappa shape index (κ2) is 12.7. The number of anilines is 3. The average molecular weight is 742 g/mol. The minimum absolute atomic E-state index is 0.466. The lowest BCUT2D eigenvalue weighted by atomic mass is 9.70. The number of ether oxygens (including phenoxy) is 2. The Morgan fingerprint density at radius 1 is 0.293 bits per heavy atom. The zero-order valence-electron chi connectivity index (χ0n) is 31.5. The molecule has 0 amide bonds. The van der Waals surface area contributed by atoms with Gasteiger partial charge in [-0.2, -0.15) is 0 Å². The van der Waals surface area contributed by atoms with Gasteiger partial charge in [0.25, 0.3) is 0 Å². The van der Waals surface area contributed by atoms with Crippen molar-refractivity contribution in [2.75, 3.05) is 4.90 Å². The van der Waals surface area contributed by atoms with Crippen molar-refractivity contribution in [3.63, 3.8) is 0 Å². The van der Waals surface area contributed by atoms with Crippen LogP contribution >= 0.6 is 0 Å². The maximum atomic E-state index is 6.96. The zero-order valence-corrected chi connectivity index (χ0v) is 31.5. The maximum absolute atomic E-state index is 6.96. The van der Waals surface area contributed by atoms with Gasteiger partial charge in [-0.25, -0.2) is 0 Å². The number of hydrogen-bond acceptors (Lipinski definition) is 3. The number of hydrogen-bond donors (Lipinski definition) is 0. The summed E-state index contributed by atoms with van der Waals surface area (Å²) in [6.45, 7) is 0. The van der Waals surface area contributed by atoms with Gasteiger partial charge in [-0.05, 0) is 104 Å². The molecule has 0 N–H and O–H groups in total. The summed E-state index contributed by atoms with van der Waals surface area (Å²) < 4.78 is 13.7. The summed E-state index contributed by atoms with van der Waals surface area (Å²) in [5.74, 6) is 2.79. The standard InChI is InChI=1S/C55H35NO2/c1-3-15-36(16-4-1)37-27-29-38(30-28-37)41-19-10-14-26-50(41)56(39-17-5-2-6-18-39)40-31-32-51-52(33-40)58-54-35-49-45(34-53(54)57-51)44-22-9-13-25-48(44)55(49)46-23-11-7-20-42(46)43-21-8-12-24-47(43)55/h1-35H. The van der Waals surface area contributed by atoms with Crippen LogP contribution in [-0.2, 0) is 5.41 Å². The molecule has 1 heterocycles. The SMILES string of the molecule is c1ccc(-c2ccc(-c3ccccc3N(c3ccccc3)c3ccc4c(c3)Oc3cc5c(cc3O4)-c3ccccc3C53c4ccccc4-c4ccccc43)cc2)cc1. The summed E-state index contributed by atoms with van der Waals surface area (Å²) >= 11 is 0. The Bertz CT molecular complexity index is 3020. The summed E-state index contributed by atoms with van der Waals surface area (Å²) in [5.41, 5.74) is 17.3. The first kappa shape index (κ1) is 32.6. The summed E-state index contributed by atoms with van der Waals surface area (Å²) in [5, 5.41) is 0. The average Bonchev–Trinajstić information content (AvgIpc) is 3.75. The minimum Gasteiger partial charge on any atom is -0.449 e. The lowest BCUT2D eigenvalue weighted by Gasteiger charge is -2.31. The molecule has 12 rings (SSSR count). The Morgan fingerprint density at radius 2 is 0.776 bits per heavy atom. The van der Waals surface area contributed by atoms with Crippen molar-refractivity contribution in [3.05, 3.63) is 235 Å². The molecule has 0 saturated heterocycles. The molecular weight excluding hydrogens is 707 g/mol. The third kappa shape index (κ3) is 4.74. The fourth-order valence-corrected chi connectivity index (χ4v) is 9.68. The lowest BCUT2D eigenvalue weighted by Crippen LogP contribution is -2.25. The normalized spacial score (nSPS) is 13.2. The summed E-state index contributed by atoms with van der Waals surface area (Å²) in [4.78, 5) is 2.31. The summed E-state index contributed by atoms with van der Waals surface area (Å²) in [6.07, 6.45) is 0. The Kier molecular flexibility index (Phi) is 7.14. The largest absolute Gasteiger partial charge is 0.449 e. The molecule has 0 atom stereocenters. The van der Waals surface area contributed by atoms with Gasteiger partial charge in [-0.15, -0.1) is 0 Å². The van der Waals surface area contributed by atoms with Crippen LogP contribution in [0.4, 0.5) is 17.1 Å². The van der Waals surface area contributed by atoms with E-state index in [9.17, 15) is 0 Å². The Morgan fingerprint density at radius 3 is 1.45 bits per heavy atom. The van der Waals surface area contributed by atoms with Gasteiger partial charge in [0, 0.05) is 17.3 Å². The molecule has 0 unspecified atom stereocenters. The molecule has 0 saturated carbocycles. The molecule has 272 valence electrons. The van der Waals surface area contributed by atoms with Crippen molar-refractivity contribution < 1.29 is 9.47 Å². The van der Waals surface area contributed by atoms with E-state index in [1.54, 1.807) is 0 Å². The van der Waals surface area contributed by atoms with E-state index in [0.717, 1.165) is 33.9 Å². The molecule has 9 aromatic carbocycles. The highest BCUT2D eigenvalue weighted by Crippen LogP contribution is 2.64. The van der Waals surface area contributed by atoms with Crippen LogP contribution in [0.1, 0.15) is 22.3 Å². The van der Waals surface area contributed by atoms with Crippen molar-refractivity contribution in [3.8, 4) is 67.5 Å². The fourth-order valence-electron chi connectivity index (χ4n) is 9.68. The first-order valence-corrected chi connectivity index (χ1v) is 19.8. The Hall–Kier alpha value is -7.62. The first-order valence-electron chi connectivity index (χ1n) is 19.8. The van der Waals surface area contributed by atoms with Crippen molar-refractivity contribution in [1.29, 1.82) is 0 Å². The van der Waals surface area contributed by atoms with Crippen LogP contribution < -0.4 is 14.4 Å². The molecule has 2 aliphatic carbocycles. The van der Waals surface area contributed by atoms with Crippen molar-refractivity contribution in [1.82, 2.24) is 0 Å². The third-order valence-corrected chi connectivity index (χ3v) is 12.1. The highest BCUT2D eigenvalue weighted by molar-refractivity contribution is 5.96. The number of nitrogens with zero attached hydrogens (tertiary/aromatic N) is 1. The molecule has 0 bridgehead atoms. The molecular formula is C55H35NO2. The Labute approximate surface area is 337 Å². The number of para-hydroxylation sites is 2. The molecule has 58 heavy (non-hydrogen) atoms. The third-order valence-electron chi connectivity index (χ3n) is 12.1. The number of benzene rings is 9. The monoisotopic (exact) mass is 741 g/mol. The Balaban J connectivity index is 0.975. The molecule has 1 aliphatic heterocycles.